The molecule has 7 atom stereocenters. The first kappa shape index (κ1) is 13.8. The fourth-order valence-corrected chi connectivity index (χ4v) is 5.72. The van der Waals surface area contributed by atoms with Crippen molar-refractivity contribution in [1.82, 2.24) is 0 Å². The minimum Gasteiger partial charge on any atom is -0.466 e. The average Bonchev–Trinajstić information content (AvgIpc) is 2.81. The van der Waals surface area contributed by atoms with E-state index in [0.29, 0.717) is 12.5 Å². The highest BCUT2D eigenvalue weighted by molar-refractivity contribution is 5.75. The predicted molar refractivity (Wildman–Crippen MR) is 76.6 cm³/mol. The van der Waals surface area contributed by atoms with Gasteiger partial charge in [-0.05, 0) is 44.4 Å². The van der Waals surface area contributed by atoms with Crippen molar-refractivity contribution >= 4 is 5.97 Å². The molecule has 4 bridgehead atoms. The van der Waals surface area contributed by atoms with Gasteiger partial charge in [0, 0.05) is 13.0 Å². The van der Waals surface area contributed by atoms with Crippen LogP contribution in [0.3, 0.4) is 0 Å². The molecule has 5 aliphatic rings. The van der Waals surface area contributed by atoms with Gasteiger partial charge in [0.2, 0.25) is 0 Å². The van der Waals surface area contributed by atoms with Gasteiger partial charge in [0.1, 0.15) is 0 Å². The Morgan fingerprint density at radius 2 is 2.29 bits per heavy atom. The van der Waals surface area contributed by atoms with E-state index in [4.69, 9.17) is 14.2 Å². The number of allylic oxidation sites excluding steroid dienone is 1. The molecule has 0 amide bonds. The monoisotopic (exact) mass is 292 g/mol. The van der Waals surface area contributed by atoms with E-state index in [1.54, 1.807) is 7.11 Å². The molecule has 0 aromatic carbocycles. The highest BCUT2D eigenvalue weighted by Crippen LogP contribution is 2.69. The quantitative estimate of drug-likeness (QED) is 0.591. The number of carbonyl (C=O) groups excluding carboxylic acids is 1. The van der Waals surface area contributed by atoms with E-state index in [2.05, 4.69) is 19.1 Å². The van der Waals surface area contributed by atoms with Gasteiger partial charge in [-0.1, -0.05) is 12.2 Å². The molecule has 116 valence electrons. The number of hydrogen-bond donors (Lipinski definition) is 0. The summed E-state index contributed by atoms with van der Waals surface area (Å²) in [4.78, 5) is 12.5. The number of rotatable bonds is 3. The van der Waals surface area contributed by atoms with Gasteiger partial charge in [0.15, 0.2) is 0 Å². The largest absolute Gasteiger partial charge is 0.466 e. The summed E-state index contributed by atoms with van der Waals surface area (Å²) in [5.74, 6) is 0.498. The summed E-state index contributed by atoms with van der Waals surface area (Å²) in [5.41, 5.74) is 0.137. The predicted octanol–water partition coefficient (Wildman–Crippen LogP) is 2.32. The van der Waals surface area contributed by atoms with E-state index >= 15 is 0 Å². The number of methoxy groups -OCH3 is 1. The summed E-state index contributed by atoms with van der Waals surface area (Å²) >= 11 is 0. The third kappa shape index (κ3) is 1.66. The molecule has 21 heavy (non-hydrogen) atoms. The SMILES string of the molecule is CCOC(=O)[C@H]1C2C3CC4CC2(C=C[C@@H]1OC)CC4(C)O3. The maximum absolute atomic E-state index is 12.5. The molecule has 5 unspecified atom stereocenters. The lowest BCUT2D eigenvalue weighted by Crippen LogP contribution is -2.55. The maximum Gasteiger partial charge on any atom is 0.312 e. The molecule has 4 nitrogen and oxygen atoms in total. The van der Waals surface area contributed by atoms with Crippen LogP contribution in [-0.4, -0.2) is 37.5 Å². The zero-order valence-electron chi connectivity index (χ0n) is 13.0. The summed E-state index contributed by atoms with van der Waals surface area (Å²) in [6, 6.07) is 0. The van der Waals surface area contributed by atoms with Gasteiger partial charge in [0.25, 0.3) is 0 Å². The molecule has 0 aromatic rings. The first-order valence-corrected chi connectivity index (χ1v) is 8.09. The van der Waals surface area contributed by atoms with Gasteiger partial charge < -0.3 is 14.2 Å². The first-order valence-electron chi connectivity index (χ1n) is 8.09. The Labute approximate surface area is 125 Å². The van der Waals surface area contributed by atoms with Gasteiger partial charge in [-0.15, -0.1) is 0 Å². The van der Waals surface area contributed by atoms with Crippen LogP contribution in [0.1, 0.15) is 33.1 Å². The molecule has 2 aliphatic heterocycles. The molecule has 5 rings (SSSR count). The highest BCUT2D eigenvalue weighted by atomic mass is 16.5. The van der Waals surface area contributed by atoms with Crippen molar-refractivity contribution in [3.8, 4) is 0 Å². The van der Waals surface area contributed by atoms with E-state index in [0.717, 1.165) is 19.3 Å². The summed E-state index contributed by atoms with van der Waals surface area (Å²) in [6.07, 6.45) is 7.68. The van der Waals surface area contributed by atoms with Crippen LogP contribution in [0.2, 0.25) is 0 Å². The van der Waals surface area contributed by atoms with Crippen LogP contribution in [0.4, 0.5) is 0 Å². The molecule has 0 N–H and O–H groups in total. The molecule has 3 aliphatic carbocycles. The summed E-state index contributed by atoms with van der Waals surface area (Å²) in [5, 5.41) is 0. The second-order valence-corrected chi connectivity index (χ2v) is 7.38. The molecular weight excluding hydrogens is 268 g/mol. The number of carbonyl (C=O) groups is 1. The summed E-state index contributed by atoms with van der Waals surface area (Å²) in [7, 11) is 1.67. The van der Waals surface area contributed by atoms with Crippen LogP contribution in [-0.2, 0) is 19.0 Å². The Morgan fingerprint density at radius 3 is 2.95 bits per heavy atom. The molecule has 2 heterocycles. The lowest BCUT2D eigenvalue weighted by atomic mass is 9.57. The first-order chi connectivity index (χ1) is 10.0. The molecule has 0 radical (unpaired) electrons. The number of hydrogen-bond acceptors (Lipinski definition) is 4. The smallest absolute Gasteiger partial charge is 0.312 e. The Kier molecular flexibility index (Phi) is 2.84. The number of ether oxygens (including phenoxy) is 3. The van der Waals surface area contributed by atoms with Crippen molar-refractivity contribution in [3.05, 3.63) is 12.2 Å². The standard InChI is InChI=1S/C17H24O4/c1-4-20-15(18)13-11(19-3)5-6-17-8-10-7-12(14(13)17)21-16(10,2)9-17/h5-6,10-14H,4,7-9H2,1-3H3/t10?,11-,12?,13+,14?,16?,17?/m0/s1. The van der Waals surface area contributed by atoms with Crippen LogP contribution in [0.5, 0.6) is 0 Å². The van der Waals surface area contributed by atoms with Gasteiger partial charge in [-0.25, -0.2) is 0 Å². The van der Waals surface area contributed by atoms with E-state index in [1.807, 2.05) is 6.92 Å². The summed E-state index contributed by atoms with van der Waals surface area (Å²) in [6.45, 7) is 4.52. The van der Waals surface area contributed by atoms with Crippen molar-refractivity contribution in [1.29, 1.82) is 0 Å². The minimum absolute atomic E-state index is 0.0185. The second kappa shape index (κ2) is 4.32. The number of esters is 1. The topological polar surface area (TPSA) is 44.8 Å². The van der Waals surface area contributed by atoms with Crippen molar-refractivity contribution in [2.24, 2.45) is 23.2 Å². The van der Waals surface area contributed by atoms with Crippen molar-refractivity contribution < 1.29 is 19.0 Å². The minimum atomic E-state index is -0.228. The van der Waals surface area contributed by atoms with Crippen LogP contribution < -0.4 is 0 Å². The lowest BCUT2D eigenvalue weighted by molar-refractivity contribution is -0.180. The van der Waals surface area contributed by atoms with Gasteiger partial charge in [0.05, 0.1) is 30.3 Å². The molecule has 4 fully saturated rings. The third-order valence-electron chi connectivity index (χ3n) is 6.36. The molecule has 2 saturated heterocycles. The van der Waals surface area contributed by atoms with Crippen molar-refractivity contribution in [2.75, 3.05) is 13.7 Å². The van der Waals surface area contributed by atoms with Crippen LogP contribution >= 0.6 is 0 Å². The fraction of sp³-hybridized carbons (Fsp3) is 0.824. The normalized spacial score (nSPS) is 53.0. The van der Waals surface area contributed by atoms with Crippen LogP contribution in [0, 0.1) is 23.2 Å². The Hall–Kier alpha value is -0.870. The van der Waals surface area contributed by atoms with Crippen molar-refractivity contribution in [2.45, 2.75) is 50.9 Å². The van der Waals surface area contributed by atoms with Gasteiger partial charge >= 0.3 is 5.97 Å². The molecular formula is C17H24O4. The molecule has 1 spiro atoms. The zero-order valence-corrected chi connectivity index (χ0v) is 13.0. The highest BCUT2D eigenvalue weighted by Gasteiger charge is 2.70. The van der Waals surface area contributed by atoms with Gasteiger partial charge in [-0.2, -0.15) is 0 Å². The fourth-order valence-electron chi connectivity index (χ4n) is 5.72. The maximum atomic E-state index is 12.5. The molecule has 2 saturated carbocycles. The summed E-state index contributed by atoms with van der Waals surface area (Å²) < 4.78 is 17.3. The van der Waals surface area contributed by atoms with Crippen molar-refractivity contribution in [3.63, 3.8) is 0 Å². The molecule has 0 aromatic heterocycles. The lowest BCUT2D eigenvalue weighted by Gasteiger charge is -2.51. The Balaban J connectivity index is 1.74. The van der Waals surface area contributed by atoms with E-state index in [-0.39, 0.29) is 41.0 Å². The Bertz CT molecular complexity index is 501. The van der Waals surface area contributed by atoms with Crippen LogP contribution in [0.25, 0.3) is 0 Å². The van der Waals surface area contributed by atoms with Crippen LogP contribution in [0.15, 0.2) is 12.2 Å². The third-order valence-corrected chi connectivity index (χ3v) is 6.36. The van der Waals surface area contributed by atoms with Gasteiger partial charge in [-0.3, -0.25) is 4.79 Å². The van der Waals surface area contributed by atoms with E-state index in [9.17, 15) is 4.79 Å². The molecule has 4 heteroatoms. The second-order valence-electron chi connectivity index (χ2n) is 7.38. The Morgan fingerprint density at radius 1 is 1.48 bits per heavy atom. The zero-order chi connectivity index (χ0) is 14.8. The van der Waals surface area contributed by atoms with E-state index < -0.39 is 0 Å². The van der Waals surface area contributed by atoms with E-state index in [1.165, 1.54) is 0 Å². The average molecular weight is 292 g/mol.